The number of anilines is 1. The van der Waals surface area contributed by atoms with E-state index in [0.717, 1.165) is 35.7 Å². The number of hydrogen-bond acceptors (Lipinski definition) is 4. The van der Waals surface area contributed by atoms with Gasteiger partial charge in [-0.1, -0.05) is 18.2 Å². The number of ether oxygens (including phenoxy) is 2. The molecule has 4 rings (SSSR count). The van der Waals surface area contributed by atoms with Crippen molar-refractivity contribution >= 4 is 11.6 Å². The molecule has 2 aliphatic rings. The highest BCUT2D eigenvalue weighted by molar-refractivity contribution is 5.78. The van der Waals surface area contributed by atoms with Gasteiger partial charge in [-0.2, -0.15) is 0 Å². The molecule has 2 aromatic carbocycles. The van der Waals surface area contributed by atoms with Gasteiger partial charge >= 0.3 is 0 Å². The van der Waals surface area contributed by atoms with E-state index in [1.54, 1.807) is 0 Å². The van der Waals surface area contributed by atoms with Gasteiger partial charge in [-0.25, -0.2) is 0 Å². The van der Waals surface area contributed by atoms with Crippen LogP contribution in [0.1, 0.15) is 30.4 Å². The first kappa shape index (κ1) is 16.8. The van der Waals surface area contributed by atoms with Crippen LogP contribution in [0, 0.1) is 0 Å². The number of carbonyl (C=O) groups excluding carboxylic acids is 1. The van der Waals surface area contributed by atoms with Crippen molar-refractivity contribution < 1.29 is 14.3 Å². The molecule has 26 heavy (non-hydrogen) atoms. The van der Waals surface area contributed by atoms with E-state index in [1.807, 2.05) is 18.2 Å². The van der Waals surface area contributed by atoms with Gasteiger partial charge < -0.3 is 19.7 Å². The van der Waals surface area contributed by atoms with Crippen LogP contribution in [0.5, 0.6) is 11.5 Å². The number of benzene rings is 2. The maximum Gasteiger partial charge on any atom is 0.231 e. The maximum atomic E-state index is 12.2. The van der Waals surface area contributed by atoms with Crippen molar-refractivity contribution in [3.8, 4) is 11.5 Å². The molecule has 0 aromatic heterocycles. The van der Waals surface area contributed by atoms with Crippen LogP contribution in [0.25, 0.3) is 0 Å². The van der Waals surface area contributed by atoms with Gasteiger partial charge in [0.2, 0.25) is 12.7 Å². The lowest BCUT2D eigenvalue weighted by molar-refractivity contribution is -0.120. The third-order valence-corrected chi connectivity index (χ3v) is 4.95. The molecule has 1 saturated heterocycles. The highest BCUT2D eigenvalue weighted by Gasteiger charge is 2.14. The van der Waals surface area contributed by atoms with Gasteiger partial charge in [0.1, 0.15) is 0 Å². The molecule has 1 N–H and O–H groups in total. The second kappa shape index (κ2) is 7.68. The fourth-order valence-electron chi connectivity index (χ4n) is 3.48. The average molecular weight is 352 g/mol. The second-order valence-electron chi connectivity index (χ2n) is 6.86. The van der Waals surface area contributed by atoms with Gasteiger partial charge in [-0.15, -0.1) is 0 Å². The summed E-state index contributed by atoms with van der Waals surface area (Å²) in [6.07, 6.45) is 4.26. The molecule has 0 saturated carbocycles. The number of rotatable bonds is 5. The third kappa shape index (κ3) is 3.93. The summed E-state index contributed by atoms with van der Waals surface area (Å²) in [6.45, 7) is 3.02. The molecule has 2 heterocycles. The smallest absolute Gasteiger partial charge is 0.231 e. The third-order valence-electron chi connectivity index (χ3n) is 4.95. The number of amides is 1. The molecule has 5 heteroatoms. The minimum absolute atomic E-state index is 0.0217. The Morgan fingerprint density at radius 1 is 0.923 bits per heavy atom. The molecule has 0 bridgehead atoms. The van der Waals surface area contributed by atoms with Crippen molar-refractivity contribution in [2.45, 2.75) is 32.2 Å². The van der Waals surface area contributed by atoms with Crippen LogP contribution in [-0.4, -0.2) is 25.8 Å². The maximum absolute atomic E-state index is 12.2. The number of carbonyl (C=O) groups is 1. The molecule has 0 unspecified atom stereocenters. The Hall–Kier alpha value is -2.69. The predicted octanol–water partition coefficient (Wildman–Crippen LogP) is 3.26. The minimum Gasteiger partial charge on any atom is -0.454 e. The van der Waals surface area contributed by atoms with E-state index in [2.05, 4.69) is 34.5 Å². The van der Waals surface area contributed by atoms with E-state index in [4.69, 9.17) is 9.47 Å². The Morgan fingerprint density at radius 3 is 2.46 bits per heavy atom. The van der Waals surface area contributed by atoms with E-state index in [0.29, 0.717) is 13.0 Å². The van der Waals surface area contributed by atoms with Crippen LogP contribution in [0.2, 0.25) is 0 Å². The molecule has 2 aromatic rings. The summed E-state index contributed by atoms with van der Waals surface area (Å²) in [5, 5.41) is 2.97. The quantitative estimate of drug-likeness (QED) is 0.897. The number of piperidine rings is 1. The first-order chi connectivity index (χ1) is 12.8. The molecule has 0 radical (unpaired) electrons. The lowest BCUT2D eigenvalue weighted by Gasteiger charge is -2.28. The van der Waals surface area contributed by atoms with Crippen LogP contribution < -0.4 is 19.7 Å². The predicted molar refractivity (Wildman–Crippen MR) is 101 cm³/mol. The molecule has 5 nitrogen and oxygen atoms in total. The highest BCUT2D eigenvalue weighted by atomic mass is 16.7. The zero-order valence-corrected chi connectivity index (χ0v) is 14.9. The molecular weight excluding hydrogens is 328 g/mol. The van der Waals surface area contributed by atoms with Gasteiger partial charge in [0.05, 0.1) is 6.42 Å². The standard InChI is InChI=1S/C21H24N2O3/c24-21(22-14-17-6-9-19-20(12-17)26-15-25-19)13-16-4-7-18(8-5-16)23-10-2-1-3-11-23/h4-9,12H,1-3,10-11,13-15H2,(H,22,24). The zero-order valence-electron chi connectivity index (χ0n) is 14.9. The van der Waals surface area contributed by atoms with E-state index >= 15 is 0 Å². The van der Waals surface area contributed by atoms with Crippen molar-refractivity contribution in [1.29, 1.82) is 0 Å². The summed E-state index contributed by atoms with van der Waals surface area (Å²) in [6, 6.07) is 14.1. The molecule has 1 amide bonds. The van der Waals surface area contributed by atoms with E-state index < -0.39 is 0 Å². The largest absolute Gasteiger partial charge is 0.454 e. The van der Waals surface area contributed by atoms with Crippen LogP contribution in [0.15, 0.2) is 42.5 Å². The minimum atomic E-state index is 0.0217. The van der Waals surface area contributed by atoms with E-state index in [1.165, 1.54) is 24.9 Å². The lowest BCUT2D eigenvalue weighted by atomic mass is 10.1. The van der Waals surface area contributed by atoms with Gasteiger partial charge in [0, 0.05) is 25.3 Å². The molecule has 1 fully saturated rings. The van der Waals surface area contributed by atoms with Crippen molar-refractivity contribution in [2.24, 2.45) is 0 Å². The fourth-order valence-corrected chi connectivity index (χ4v) is 3.48. The Balaban J connectivity index is 1.29. The zero-order chi connectivity index (χ0) is 17.8. The van der Waals surface area contributed by atoms with Crippen molar-refractivity contribution in [3.05, 3.63) is 53.6 Å². The van der Waals surface area contributed by atoms with Gasteiger partial charge in [0.25, 0.3) is 0 Å². The molecular formula is C21H24N2O3. The summed E-state index contributed by atoms with van der Waals surface area (Å²) in [5.41, 5.74) is 3.30. The van der Waals surface area contributed by atoms with Gasteiger partial charge in [-0.3, -0.25) is 4.79 Å². The van der Waals surface area contributed by atoms with Crippen LogP contribution in [-0.2, 0) is 17.8 Å². The normalized spacial score (nSPS) is 15.8. The summed E-state index contributed by atoms with van der Waals surface area (Å²) >= 11 is 0. The highest BCUT2D eigenvalue weighted by Crippen LogP contribution is 2.32. The first-order valence-corrected chi connectivity index (χ1v) is 9.27. The summed E-state index contributed by atoms with van der Waals surface area (Å²) in [5.74, 6) is 1.52. The molecule has 136 valence electrons. The van der Waals surface area contributed by atoms with Gasteiger partial charge in [0.15, 0.2) is 11.5 Å². The van der Waals surface area contributed by atoms with Crippen LogP contribution in [0.4, 0.5) is 5.69 Å². The fraction of sp³-hybridized carbons (Fsp3) is 0.381. The summed E-state index contributed by atoms with van der Waals surface area (Å²) in [7, 11) is 0. The Labute approximate surface area is 153 Å². The van der Waals surface area contributed by atoms with E-state index in [-0.39, 0.29) is 12.7 Å². The molecule has 0 aliphatic carbocycles. The van der Waals surface area contributed by atoms with Gasteiger partial charge in [-0.05, 0) is 54.7 Å². The Kier molecular flexibility index (Phi) is 4.95. The number of nitrogens with zero attached hydrogens (tertiary/aromatic N) is 1. The monoisotopic (exact) mass is 352 g/mol. The topological polar surface area (TPSA) is 50.8 Å². The Bertz CT molecular complexity index is 767. The molecule has 0 atom stereocenters. The lowest BCUT2D eigenvalue weighted by Crippen LogP contribution is -2.29. The summed E-state index contributed by atoms with van der Waals surface area (Å²) in [4.78, 5) is 14.7. The van der Waals surface area contributed by atoms with E-state index in [9.17, 15) is 4.79 Å². The number of nitrogens with one attached hydrogen (secondary N) is 1. The van der Waals surface area contributed by atoms with Crippen molar-refractivity contribution in [2.75, 3.05) is 24.8 Å². The van der Waals surface area contributed by atoms with Crippen molar-refractivity contribution in [3.63, 3.8) is 0 Å². The average Bonchev–Trinajstić information content (AvgIpc) is 3.15. The Morgan fingerprint density at radius 2 is 1.65 bits per heavy atom. The first-order valence-electron chi connectivity index (χ1n) is 9.27. The van der Waals surface area contributed by atoms with Crippen LogP contribution >= 0.6 is 0 Å². The van der Waals surface area contributed by atoms with Crippen molar-refractivity contribution in [1.82, 2.24) is 5.32 Å². The molecule has 2 aliphatic heterocycles. The molecule has 0 spiro atoms. The number of hydrogen-bond donors (Lipinski definition) is 1. The number of fused-ring (bicyclic) bond motifs is 1. The second-order valence-corrected chi connectivity index (χ2v) is 6.86. The summed E-state index contributed by atoms with van der Waals surface area (Å²) < 4.78 is 10.7. The van der Waals surface area contributed by atoms with Crippen LogP contribution in [0.3, 0.4) is 0 Å². The SMILES string of the molecule is O=C(Cc1ccc(N2CCCCC2)cc1)NCc1ccc2c(c1)OCO2.